The zero-order valence-corrected chi connectivity index (χ0v) is 25.3. The van der Waals surface area contributed by atoms with Gasteiger partial charge >= 0.3 is 24.3 Å². The van der Waals surface area contributed by atoms with Gasteiger partial charge in [0.15, 0.2) is 0 Å². The second-order valence-electron chi connectivity index (χ2n) is 9.95. The van der Waals surface area contributed by atoms with Crippen molar-refractivity contribution in [1.82, 2.24) is 20.4 Å². The topological polar surface area (TPSA) is 166 Å². The number of benzene rings is 2. The number of ether oxygens (including phenoxy) is 2. The average molecular weight is 678 g/mol. The number of amides is 1. The van der Waals surface area contributed by atoms with E-state index in [0.29, 0.717) is 37.6 Å². The van der Waals surface area contributed by atoms with E-state index in [2.05, 4.69) is 31.8 Å². The lowest BCUT2D eigenvalue weighted by molar-refractivity contribution is -0.193. The number of hydrogen-bond donors (Lipinski definition) is 5. The van der Waals surface area contributed by atoms with E-state index in [0.717, 1.165) is 29.0 Å². The van der Waals surface area contributed by atoms with Crippen LogP contribution in [0.4, 0.5) is 32.0 Å². The Morgan fingerprint density at radius 3 is 2.13 bits per heavy atom. The highest BCUT2D eigenvalue weighted by Crippen LogP contribution is 2.31. The third kappa shape index (κ3) is 12.8. The minimum absolute atomic E-state index is 0.0871. The number of aromatic amines is 1. The van der Waals surface area contributed by atoms with E-state index in [1.807, 2.05) is 57.5 Å². The maximum atomic E-state index is 13.2. The van der Waals surface area contributed by atoms with Crippen molar-refractivity contribution >= 4 is 23.5 Å². The fourth-order valence-corrected chi connectivity index (χ4v) is 3.82. The second kappa shape index (κ2) is 17.2. The summed E-state index contributed by atoms with van der Waals surface area (Å²) in [6.45, 7) is 4.51. The summed E-state index contributed by atoms with van der Waals surface area (Å²) in [5, 5.41) is 27.5. The molecule has 0 saturated carbocycles. The lowest BCUT2D eigenvalue weighted by Gasteiger charge is -2.26. The Kier molecular flexibility index (Phi) is 14.0. The molecule has 0 spiro atoms. The molecule has 2 aromatic carbocycles. The van der Waals surface area contributed by atoms with Crippen LogP contribution in [0.15, 0.2) is 48.8 Å². The van der Waals surface area contributed by atoms with Gasteiger partial charge in [-0.2, -0.15) is 31.4 Å². The quantitative estimate of drug-likeness (QED) is 0.206. The number of carboxylic acids is 2. The number of anilines is 1. The maximum Gasteiger partial charge on any atom is 0.490 e. The van der Waals surface area contributed by atoms with Crippen molar-refractivity contribution in [2.24, 2.45) is 0 Å². The van der Waals surface area contributed by atoms with Crippen LogP contribution in [-0.4, -0.2) is 95.4 Å². The molecule has 12 nitrogen and oxygen atoms in total. The van der Waals surface area contributed by atoms with Gasteiger partial charge in [-0.25, -0.2) is 9.59 Å². The zero-order valence-electron chi connectivity index (χ0n) is 25.3. The number of carboxylic acid groups (broad SMARTS) is 2. The van der Waals surface area contributed by atoms with Crippen LogP contribution in [0.25, 0.3) is 11.1 Å². The Balaban J connectivity index is 0.000000459. The predicted octanol–water partition coefficient (Wildman–Crippen LogP) is 4.34. The third-order valence-electron chi connectivity index (χ3n) is 6.12. The SMILES string of the molecule is CCOc1ccc2c(c1)CC(C(=O)Nc1ccc(-c3cn[nH]c3)cc1OCCN(C)C)NC2.O=C(O)C(F)(F)F.O=C(O)C(F)(F)F. The number of alkyl halides is 6. The number of aliphatic carboxylic acids is 2. The van der Waals surface area contributed by atoms with Crippen molar-refractivity contribution in [3.05, 3.63) is 59.9 Å². The Morgan fingerprint density at radius 1 is 0.957 bits per heavy atom. The lowest BCUT2D eigenvalue weighted by atomic mass is 9.95. The molecule has 1 unspecified atom stereocenters. The first-order valence-electron chi connectivity index (χ1n) is 13.7. The van der Waals surface area contributed by atoms with Crippen molar-refractivity contribution in [3.63, 3.8) is 0 Å². The molecule has 0 radical (unpaired) electrons. The number of likely N-dealkylation sites (N-methyl/N-ethyl adjacent to an activating group) is 1. The molecule has 0 aliphatic carbocycles. The molecule has 1 atom stereocenters. The largest absolute Gasteiger partial charge is 0.494 e. The van der Waals surface area contributed by atoms with Gasteiger partial charge in [-0.1, -0.05) is 12.1 Å². The van der Waals surface area contributed by atoms with Crippen LogP contribution in [0.5, 0.6) is 11.5 Å². The lowest BCUT2D eigenvalue weighted by Crippen LogP contribution is -2.44. The monoisotopic (exact) mass is 677 g/mol. The third-order valence-corrected chi connectivity index (χ3v) is 6.12. The molecule has 5 N–H and O–H groups in total. The molecule has 1 aromatic heterocycles. The molecule has 18 heteroatoms. The number of aromatic nitrogens is 2. The molecule has 0 fully saturated rings. The number of H-pyrrole nitrogens is 1. The Morgan fingerprint density at radius 2 is 1.60 bits per heavy atom. The molecule has 258 valence electrons. The molecule has 1 aliphatic heterocycles. The van der Waals surface area contributed by atoms with Crippen molar-refractivity contribution < 1.29 is 60.4 Å². The standard InChI is InChI=1S/C25H31N5O3.2C2HF3O2/c1-4-32-21-7-5-18-14-26-23(12-19(18)11-21)25(31)29-22-8-6-17(20-15-27-28-16-20)13-24(22)33-10-9-30(2)3;2*3-2(4,5)1(6)7/h5-8,11,13,15-16,23,26H,4,9-10,12,14H2,1-3H3,(H,27,28)(H,29,31);2*(H,6,7). The smallest absolute Gasteiger partial charge is 0.490 e. The van der Waals surface area contributed by atoms with Crippen molar-refractivity contribution in [2.75, 3.05) is 39.2 Å². The summed E-state index contributed by atoms with van der Waals surface area (Å²) in [6.07, 6.45) is -5.97. The van der Waals surface area contributed by atoms with Gasteiger partial charge in [0.05, 0.1) is 24.5 Å². The number of nitrogens with zero attached hydrogens (tertiary/aromatic N) is 2. The first-order valence-corrected chi connectivity index (χ1v) is 13.7. The summed E-state index contributed by atoms with van der Waals surface area (Å²) >= 11 is 0. The van der Waals surface area contributed by atoms with Gasteiger partial charge in [0.1, 0.15) is 18.1 Å². The minimum atomic E-state index is -5.08. The highest BCUT2D eigenvalue weighted by molar-refractivity contribution is 5.97. The Labute approximate surface area is 264 Å². The highest BCUT2D eigenvalue weighted by atomic mass is 19.4. The first kappa shape index (κ1) is 38.3. The van der Waals surface area contributed by atoms with Gasteiger partial charge in [-0.15, -0.1) is 0 Å². The Hall–Kier alpha value is -4.84. The van der Waals surface area contributed by atoms with Crippen LogP contribution in [0.1, 0.15) is 18.1 Å². The number of rotatable bonds is 9. The minimum Gasteiger partial charge on any atom is -0.494 e. The normalized spacial score (nSPS) is 14.0. The van der Waals surface area contributed by atoms with Crippen LogP contribution in [0.3, 0.4) is 0 Å². The number of carbonyl (C=O) groups excluding carboxylic acids is 1. The number of nitrogens with one attached hydrogen (secondary N) is 3. The van der Waals surface area contributed by atoms with E-state index in [9.17, 15) is 31.1 Å². The van der Waals surface area contributed by atoms with Crippen molar-refractivity contribution in [2.45, 2.75) is 38.3 Å². The molecule has 47 heavy (non-hydrogen) atoms. The molecule has 2 heterocycles. The van der Waals surface area contributed by atoms with Crippen LogP contribution in [0, 0.1) is 0 Å². The van der Waals surface area contributed by atoms with E-state index in [4.69, 9.17) is 29.3 Å². The molecule has 0 bridgehead atoms. The summed E-state index contributed by atoms with van der Waals surface area (Å²) in [4.78, 5) is 33.0. The van der Waals surface area contributed by atoms with Gasteiger partial charge < -0.3 is 35.2 Å². The van der Waals surface area contributed by atoms with Crippen LogP contribution >= 0.6 is 0 Å². The fraction of sp³-hybridized carbons (Fsp3) is 0.379. The molecular formula is C29H33F6N5O7. The molecule has 1 amide bonds. The van der Waals surface area contributed by atoms with Crippen LogP contribution < -0.4 is 20.1 Å². The number of halogens is 6. The number of carbonyl (C=O) groups is 3. The van der Waals surface area contributed by atoms with Crippen molar-refractivity contribution in [3.8, 4) is 22.6 Å². The summed E-state index contributed by atoms with van der Waals surface area (Å²) in [6, 6.07) is 11.5. The van der Waals surface area contributed by atoms with E-state index in [-0.39, 0.29) is 11.9 Å². The average Bonchev–Trinajstić information content (AvgIpc) is 3.52. The predicted molar refractivity (Wildman–Crippen MR) is 156 cm³/mol. The molecule has 1 aliphatic rings. The zero-order chi connectivity index (χ0) is 35.4. The summed E-state index contributed by atoms with van der Waals surface area (Å²) in [5.74, 6) is -4.13. The van der Waals surface area contributed by atoms with Crippen LogP contribution in [-0.2, 0) is 27.3 Å². The Bertz CT molecular complexity index is 1460. The molecule has 0 saturated heterocycles. The molecule has 3 aromatic rings. The van der Waals surface area contributed by atoms with Gasteiger partial charge in [0.25, 0.3) is 0 Å². The van der Waals surface area contributed by atoms with Gasteiger partial charge in [0.2, 0.25) is 5.91 Å². The maximum absolute atomic E-state index is 13.2. The molecule has 4 rings (SSSR count). The fourth-order valence-electron chi connectivity index (χ4n) is 3.82. The molecular weight excluding hydrogens is 644 g/mol. The van der Waals surface area contributed by atoms with Gasteiger partial charge in [-0.05, 0) is 68.4 Å². The summed E-state index contributed by atoms with van der Waals surface area (Å²) < 4.78 is 75.1. The van der Waals surface area contributed by atoms with E-state index >= 15 is 0 Å². The highest BCUT2D eigenvalue weighted by Gasteiger charge is 2.39. The van der Waals surface area contributed by atoms with Gasteiger partial charge in [-0.3, -0.25) is 9.89 Å². The van der Waals surface area contributed by atoms with Gasteiger partial charge in [0, 0.05) is 24.8 Å². The van der Waals surface area contributed by atoms with E-state index < -0.39 is 24.3 Å². The van der Waals surface area contributed by atoms with Crippen molar-refractivity contribution in [1.29, 1.82) is 0 Å². The summed E-state index contributed by atoms with van der Waals surface area (Å²) in [7, 11) is 4.00. The number of fused-ring (bicyclic) bond motifs is 1. The second-order valence-corrected chi connectivity index (χ2v) is 9.95. The van der Waals surface area contributed by atoms with Crippen LogP contribution in [0.2, 0.25) is 0 Å². The number of hydrogen-bond acceptors (Lipinski definition) is 8. The first-order chi connectivity index (χ1) is 21.9. The summed E-state index contributed by atoms with van der Waals surface area (Å²) in [5.41, 5.74) is 4.91. The van der Waals surface area contributed by atoms with E-state index in [1.165, 1.54) is 5.56 Å². The van der Waals surface area contributed by atoms with E-state index in [1.54, 1.807) is 6.20 Å².